The summed E-state index contributed by atoms with van der Waals surface area (Å²) < 4.78 is 1.71. The smallest absolute Gasteiger partial charge is 0.252 e. The number of hydrogen-bond acceptors (Lipinski definition) is 6. The molecule has 1 saturated carbocycles. The Balaban J connectivity index is 1.82. The summed E-state index contributed by atoms with van der Waals surface area (Å²) in [6.45, 7) is 5.92. The van der Waals surface area contributed by atoms with Gasteiger partial charge in [-0.2, -0.15) is 10.4 Å². The molecular formula is C22H24N6O2. The molecule has 154 valence electrons. The third kappa shape index (κ3) is 3.37. The fraction of sp³-hybridized carbons (Fsp3) is 0.364. The van der Waals surface area contributed by atoms with Gasteiger partial charge in [-0.3, -0.25) is 9.78 Å². The average Bonchev–Trinajstić information content (AvgIpc) is 3.09. The van der Waals surface area contributed by atoms with Gasteiger partial charge in [0.25, 0.3) is 5.91 Å². The van der Waals surface area contributed by atoms with Crippen LogP contribution in [0.15, 0.2) is 36.7 Å². The summed E-state index contributed by atoms with van der Waals surface area (Å²) >= 11 is 0. The number of nitrogens with zero attached hydrogens (tertiary/aromatic N) is 5. The molecule has 4 rings (SSSR count). The number of pyridine rings is 1. The van der Waals surface area contributed by atoms with Crippen molar-refractivity contribution in [2.75, 3.05) is 4.90 Å². The Labute approximate surface area is 174 Å². The van der Waals surface area contributed by atoms with Crippen LogP contribution in [-0.2, 0) is 0 Å². The highest BCUT2D eigenvalue weighted by Crippen LogP contribution is 2.40. The summed E-state index contributed by atoms with van der Waals surface area (Å²) in [4.78, 5) is 18.7. The molecule has 0 aliphatic heterocycles. The van der Waals surface area contributed by atoms with Crippen molar-refractivity contribution < 1.29 is 9.90 Å². The van der Waals surface area contributed by atoms with Gasteiger partial charge < -0.3 is 15.7 Å². The van der Waals surface area contributed by atoms with Gasteiger partial charge in [0.05, 0.1) is 45.5 Å². The predicted octanol–water partition coefficient (Wildman–Crippen LogP) is 2.50. The Morgan fingerprint density at radius 3 is 2.70 bits per heavy atom. The van der Waals surface area contributed by atoms with E-state index in [-0.39, 0.29) is 12.1 Å². The Kier molecular flexibility index (Phi) is 4.71. The molecule has 0 radical (unpaired) electrons. The number of aliphatic hydroxyl groups is 1. The molecule has 0 atom stereocenters. The number of amides is 1. The second-order valence-corrected chi connectivity index (χ2v) is 8.42. The van der Waals surface area contributed by atoms with Crippen LogP contribution in [0.3, 0.4) is 0 Å². The highest BCUT2D eigenvalue weighted by atomic mass is 16.3. The molecular weight excluding hydrogens is 380 g/mol. The standard InChI is InChI=1S/C22H24N6O2/c1-13(2)27(16-8-22(3,30)9-16)20-7-18(25-12-17(20)21(24)29)19-5-4-15-6-14(10-23)11-26-28(15)19/h4-7,11-13,16,30H,8-9H2,1-3H3,(H2,24,29). The lowest BCUT2D eigenvalue weighted by Crippen LogP contribution is -2.56. The quantitative estimate of drug-likeness (QED) is 0.674. The summed E-state index contributed by atoms with van der Waals surface area (Å²) in [6, 6.07) is 9.65. The van der Waals surface area contributed by atoms with Crippen molar-refractivity contribution in [2.24, 2.45) is 5.73 Å². The Morgan fingerprint density at radius 2 is 2.10 bits per heavy atom. The molecule has 0 unspecified atom stereocenters. The normalized spacial score (nSPS) is 20.7. The minimum absolute atomic E-state index is 0.0971. The molecule has 3 heterocycles. The molecule has 3 N–H and O–H groups in total. The SMILES string of the molecule is CC(C)N(c1cc(-c2ccc3cc(C#N)cnn23)ncc1C(N)=O)C1CC(C)(O)C1. The largest absolute Gasteiger partial charge is 0.390 e. The Bertz CT molecular complexity index is 1170. The molecule has 3 aromatic rings. The molecule has 1 aliphatic rings. The van der Waals surface area contributed by atoms with E-state index in [1.54, 1.807) is 10.6 Å². The lowest BCUT2D eigenvalue weighted by atomic mass is 9.75. The van der Waals surface area contributed by atoms with Crippen LogP contribution in [0.25, 0.3) is 16.9 Å². The Morgan fingerprint density at radius 1 is 1.37 bits per heavy atom. The summed E-state index contributed by atoms with van der Waals surface area (Å²) in [5, 5.41) is 23.7. The van der Waals surface area contributed by atoms with Crippen molar-refractivity contribution in [3.63, 3.8) is 0 Å². The van der Waals surface area contributed by atoms with E-state index in [1.807, 2.05) is 25.1 Å². The average molecular weight is 404 g/mol. The van der Waals surface area contributed by atoms with Gasteiger partial charge in [-0.25, -0.2) is 4.52 Å². The summed E-state index contributed by atoms with van der Waals surface area (Å²) in [5.74, 6) is -0.544. The first kappa shape index (κ1) is 19.9. The van der Waals surface area contributed by atoms with Crippen LogP contribution in [-0.4, -0.2) is 43.3 Å². The number of fused-ring (bicyclic) bond motifs is 1. The third-order valence-corrected chi connectivity index (χ3v) is 5.62. The van der Waals surface area contributed by atoms with Crippen LogP contribution in [0.4, 0.5) is 5.69 Å². The minimum atomic E-state index is -0.694. The number of aromatic nitrogens is 3. The lowest BCUT2D eigenvalue weighted by Gasteiger charge is -2.50. The van der Waals surface area contributed by atoms with Crippen LogP contribution in [0, 0.1) is 11.3 Å². The van der Waals surface area contributed by atoms with Crippen molar-refractivity contribution in [3.8, 4) is 17.5 Å². The summed E-state index contributed by atoms with van der Waals surface area (Å²) in [7, 11) is 0. The summed E-state index contributed by atoms with van der Waals surface area (Å²) in [5.41, 5.74) is 8.66. The van der Waals surface area contributed by atoms with Crippen molar-refractivity contribution in [3.05, 3.63) is 47.8 Å². The van der Waals surface area contributed by atoms with Gasteiger partial charge in [0.1, 0.15) is 6.07 Å². The highest BCUT2D eigenvalue weighted by Gasteiger charge is 2.43. The molecule has 8 nitrogen and oxygen atoms in total. The van der Waals surface area contributed by atoms with E-state index >= 15 is 0 Å². The second-order valence-electron chi connectivity index (χ2n) is 8.42. The van der Waals surface area contributed by atoms with Gasteiger partial charge in [-0.15, -0.1) is 0 Å². The van der Waals surface area contributed by atoms with E-state index in [9.17, 15) is 9.90 Å². The van der Waals surface area contributed by atoms with Crippen molar-refractivity contribution >= 4 is 17.1 Å². The fourth-order valence-corrected chi connectivity index (χ4v) is 4.29. The maximum Gasteiger partial charge on any atom is 0.252 e. The lowest BCUT2D eigenvalue weighted by molar-refractivity contribution is -0.0322. The first-order valence-corrected chi connectivity index (χ1v) is 9.89. The van der Waals surface area contributed by atoms with Gasteiger partial charge in [0, 0.05) is 18.3 Å². The zero-order valence-corrected chi connectivity index (χ0v) is 17.2. The number of hydrogen-bond donors (Lipinski definition) is 2. The second kappa shape index (κ2) is 7.11. The molecule has 0 spiro atoms. The molecule has 0 bridgehead atoms. The number of nitrogens with two attached hydrogens (primary N) is 1. The van der Waals surface area contributed by atoms with Gasteiger partial charge in [0.15, 0.2) is 0 Å². The van der Waals surface area contributed by atoms with E-state index in [4.69, 9.17) is 11.0 Å². The molecule has 1 fully saturated rings. The number of carbonyl (C=O) groups is 1. The highest BCUT2D eigenvalue weighted by molar-refractivity contribution is 5.99. The van der Waals surface area contributed by atoms with Gasteiger partial charge in [-0.05, 0) is 57.9 Å². The first-order chi connectivity index (χ1) is 14.2. The molecule has 30 heavy (non-hydrogen) atoms. The predicted molar refractivity (Wildman–Crippen MR) is 113 cm³/mol. The number of anilines is 1. The fourth-order valence-electron chi connectivity index (χ4n) is 4.29. The van der Waals surface area contributed by atoms with Crippen LogP contribution in [0.2, 0.25) is 0 Å². The van der Waals surface area contributed by atoms with E-state index in [2.05, 4.69) is 34.9 Å². The van der Waals surface area contributed by atoms with E-state index < -0.39 is 11.5 Å². The monoisotopic (exact) mass is 404 g/mol. The van der Waals surface area contributed by atoms with Crippen LogP contribution < -0.4 is 10.6 Å². The van der Waals surface area contributed by atoms with Gasteiger partial charge >= 0.3 is 0 Å². The van der Waals surface area contributed by atoms with E-state index in [0.717, 1.165) is 11.2 Å². The zero-order chi connectivity index (χ0) is 21.6. The van der Waals surface area contributed by atoms with Crippen molar-refractivity contribution in [1.29, 1.82) is 5.26 Å². The zero-order valence-electron chi connectivity index (χ0n) is 17.2. The molecule has 3 aromatic heterocycles. The first-order valence-electron chi connectivity index (χ1n) is 9.89. The van der Waals surface area contributed by atoms with E-state index in [0.29, 0.717) is 35.3 Å². The molecule has 1 amide bonds. The van der Waals surface area contributed by atoms with Crippen LogP contribution in [0.5, 0.6) is 0 Å². The van der Waals surface area contributed by atoms with Gasteiger partial charge in [-0.1, -0.05) is 0 Å². The molecule has 1 aliphatic carbocycles. The number of rotatable bonds is 5. The van der Waals surface area contributed by atoms with Crippen LogP contribution >= 0.6 is 0 Å². The topological polar surface area (TPSA) is 121 Å². The van der Waals surface area contributed by atoms with Crippen LogP contribution in [0.1, 0.15) is 49.5 Å². The van der Waals surface area contributed by atoms with Crippen molar-refractivity contribution in [2.45, 2.75) is 51.3 Å². The molecule has 0 saturated heterocycles. The maximum atomic E-state index is 12.1. The number of primary amides is 1. The molecule has 0 aromatic carbocycles. The molecule has 8 heteroatoms. The third-order valence-electron chi connectivity index (χ3n) is 5.62. The van der Waals surface area contributed by atoms with Gasteiger partial charge in [0.2, 0.25) is 0 Å². The minimum Gasteiger partial charge on any atom is -0.390 e. The van der Waals surface area contributed by atoms with E-state index in [1.165, 1.54) is 12.4 Å². The number of carbonyl (C=O) groups excluding carboxylic acids is 1. The number of nitriles is 1. The Hall–Kier alpha value is -3.44. The maximum absolute atomic E-state index is 12.1. The van der Waals surface area contributed by atoms with Crippen molar-refractivity contribution in [1.82, 2.24) is 14.6 Å². The summed E-state index contributed by atoms with van der Waals surface area (Å²) in [6.07, 6.45) is 4.25.